The number of likely N-dealkylation sites (N-methyl/N-ethyl adjacent to an activating group) is 1. The molecule has 21 heavy (non-hydrogen) atoms. The number of fused-ring (bicyclic) bond motifs is 1. The van der Waals surface area contributed by atoms with Crippen LogP contribution in [0.25, 0.3) is 11.0 Å². The molecule has 4 nitrogen and oxygen atoms in total. The maximum absolute atomic E-state index is 11.7. The average molecular weight is 309 g/mol. The minimum Gasteiger partial charge on any atom is -0.423 e. The average Bonchev–Trinajstić information content (AvgIpc) is 2.91. The third kappa shape index (κ3) is 3.46. The second-order valence-corrected chi connectivity index (χ2v) is 5.65. The summed E-state index contributed by atoms with van der Waals surface area (Å²) in [7, 11) is 2.12. The van der Waals surface area contributed by atoms with Gasteiger partial charge in [-0.25, -0.2) is 4.79 Å². The van der Waals surface area contributed by atoms with E-state index < -0.39 is 0 Å². The first-order valence-electron chi connectivity index (χ1n) is 7.08. The Morgan fingerprint density at radius 1 is 1.38 bits per heavy atom. The van der Waals surface area contributed by atoms with E-state index in [0.29, 0.717) is 11.6 Å². The first kappa shape index (κ1) is 16.0. The lowest BCUT2D eigenvalue weighted by Crippen LogP contribution is -2.33. The Bertz CT molecular complexity index is 678. The second-order valence-electron chi connectivity index (χ2n) is 5.65. The van der Waals surface area contributed by atoms with Gasteiger partial charge in [-0.2, -0.15) is 0 Å². The standard InChI is InChI=1S/C16H20N2O2.ClH/c1-11-3-4-14-12(8-16(19)20-15(14)7-11)10-18(2)13-5-6-17-9-13;/h3-4,7-8,13,17H,5-6,9-10H2,1-2H3;1H. The van der Waals surface area contributed by atoms with Crippen molar-refractivity contribution in [2.24, 2.45) is 0 Å². The lowest BCUT2D eigenvalue weighted by Gasteiger charge is -2.23. The topological polar surface area (TPSA) is 45.5 Å². The van der Waals surface area contributed by atoms with E-state index in [4.69, 9.17) is 4.42 Å². The minimum atomic E-state index is -0.268. The van der Waals surface area contributed by atoms with Crippen LogP contribution < -0.4 is 10.9 Å². The summed E-state index contributed by atoms with van der Waals surface area (Å²) in [5.41, 5.74) is 2.57. The van der Waals surface area contributed by atoms with Gasteiger partial charge in [0.25, 0.3) is 0 Å². The molecule has 2 heterocycles. The van der Waals surface area contributed by atoms with Crippen LogP contribution in [-0.4, -0.2) is 31.1 Å². The number of benzene rings is 1. The third-order valence-electron chi connectivity index (χ3n) is 4.06. The molecule has 0 saturated carbocycles. The van der Waals surface area contributed by atoms with Crippen LogP contribution in [0.3, 0.4) is 0 Å². The lowest BCUT2D eigenvalue weighted by atomic mass is 10.1. The molecule has 1 aliphatic heterocycles. The zero-order valence-corrected chi connectivity index (χ0v) is 13.2. The van der Waals surface area contributed by atoms with Crippen LogP contribution in [0, 0.1) is 6.92 Å². The van der Waals surface area contributed by atoms with E-state index in [1.807, 2.05) is 19.1 Å². The van der Waals surface area contributed by atoms with Crippen LogP contribution in [0.15, 0.2) is 33.5 Å². The number of nitrogens with one attached hydrogen (secondary N) is 1. The summed E-state index contributed by atoms with van der Waals surface area (Å²) in [5, 5.41) is 4.41. The highest BCUT2D eigenvalue weighted by Gasteiger charge is 2.20. The summed E-state index contributed by atoms with van der Waals surface area (Å²) in [6, 6.07) is 8.20. The van der Waals surface area contributed by atoms with Gasteiger partial charge in [-0.15, -0.1) is 12.4 Å². The quantitative estimate of drug-likeness (QED) is 0.884. The molecule has 0 spiro atoms. The maximum Gasteiger partial charge on any atom is 0.336 e. The molecule has 1 aromatic heterocycles. The molecule has 5 heteroatoms. The number of aryl methyl sites for hydroxylation is 1. The van der Waals surface area contributed by atoms with E-state index in [0.717, 1.165) is 42.6 Å². The highest BCUT2D eigenvalue weighted by Crippen LogP contribution is 2.20. The van der Waals surface area contributed by atoms with E-state index in [-0.39, 0.29) is 18.0 Å². The monoisotopic (exact) mass is 308 g/mol. The van der Waals surface area contributed by atoms with Crippen molar-refractivity contribution in [3.05, 3.63) is 45.8 Å². The fraction of sp³-hybridized carbons (Fsp3) is 0.438. The predicted molar refractivity (Wildman–Crippen MR) is 87.2 cm³/mol. The molecule has 1 aliphatic rings. The predicted octanol–water partition coefficient (Wildman–Crippen LogP) is 2.32. The highest BCUT2D eigenvalue weighted by molar-refractivity contribution is 5.85. The Morgan fingerprint density at radius 2 is 2.19 bits per heavy atom. The van der Waals surface area contributed by atoms with Gasteiger partial charge in [-0.1, -0.05) is 12.1 Å². The largest absolute Gasteiger partial charge is 0.423 e. The minimum absolute atomic E-state index is 0. The molecule has 0 amide bonds. The molecule has 1 aromatic carbocycles. The van der Waals surface area contributed by atoms with Crippen LogP contribution in [0.5, 0.6) is 0 Å². The number of hydrogen-bond acceptors (Lipinski definition) is 4. The molecule has 1 atom stereocenters. The maximum atomic E-state index is 11.7. The second kappa shape index (κ2) is 6.60. The number of nitrogens with zero attached hydrogens (tertiary/aromatic N) is 1. The van der Waals surface area contributed by atoms with Crippen LogP contribution >= 0.6 is 12.4 Å². The van der Waals surface area contributed by atoms with Gasteiger partial charge in [-0.3, -0.25) is 4.90 Å². The van der Waals surface area contributed by atoms with Crippen LogP contribution in [0.1, 0.15) is 17.5 Å². The Hall–Kier alpha value is -1.36. The molecule has 1 saturated heterocycles. The first-order valence-corrected chi connectivity index (χ1v) is 7.08. The van der Waals surface area contributed by atoms with Crippen molar-refractivity contribution in [3.8, 4) is 0 Å². The van der Waals surface area contributed by atoms with Crippen molar-refractivity contribution in [1.29, 1.82) is 0 Å². The van der Waals surface area contributed by atoms with Gasteiger partial charge in [0.15, 0.2) is 0 Å². The molecular formula is C16H21ClN2O2. The molecule has 2 aromatic rings. The van der Waals surface area contributed by atoms with Crippen LogP contribution in [-0.2, 0) is 6.54 Å². The van der Waals surface area contributed by atoms with Gasteiger partial charge in [-0.05, 0) is 44.1 Å². The van der Waals surface area contributed by atoms with Crippen molar-refractivity contribution in [2.45, 2.75) is 25.9 Å². The molecular weight excluding hydrogens is 288 g/mol. The Labute approximate surface area is 130 Å². The van der Waals surface area contributed by atoms with E-state index in [1.54, 1.807) is 6.07 Å². The SMILES string of the molecule is Cc1ccc2c(CN(C)C3CCNC3)cc(=O)oc2c1.Cl. The summed E-state index contributed by atoms with van der Waals surface area (Å²) in [6.07, 6.45) is 1.16. The first-order chi connectivity index (χ1) is 9.63. The van der Waals surface area contributed by atoms with Gasteiger partial charge in [0.2, 0.25) is 0 Å². The Morgan fingerprint density at radius 3 is 2.90 bits per heavy atom. The summed E-state index contributed by atoms with van der Waals surface area (Å²) >= 11 is 0. The lowest BCUT2D eigenvalue weighted by molar-refractivity contribution is 0.249. The molecule has 114 valence electrons. The molecule has 1 N–H and O–H groups in total. The molecule has 0 radical (unpaired) electrons. The van der Waals surface area contributed by atoms with Gasteiger partial charge >= 0.3 is 5.63 Å². The van der Waals surface area contributed by atoms with Crippen molar-refractivity contribution in [2.75, 3.05) is 20.1 Å². The molecule has 0 bridgehead atoms. The summed E-state index contributed by atoms with van der Waals surface area (Å²) in [5.74, 6) is 0. The van der Waals surface area contributed by atoms with Crippen LogP contribution in [0.4, 0.5) is 0 Å². The van der Waals surface area contributed by atoms with E-state index >= 15 is 0 Å². The smallest absolute Gasteiger partial charge is 0.336 e. The van der Waals surface area contributed by atoms with Crippen molar-refractivity contribution >= 4 is 23.4 Å². The summed E-state index contributed by atoms with van der Waals surface area (Å²) in [6.45, 7) is 4.88. The van der Waals surface area contributed by atoms with E-state index in [9.17, 15) is 4.79 Å². The van der Waals surface area contributed by atoms with E-state index in [2.05, 4.69) is 23.3 Å². The number of halogens is 1. The highest BCUT2D eigenvalue weighted by atomic mass is 35.5. The van der Waals surface area contributed by atoms with Crippen molar-refractivity contribution in [3.63, 3.8) is 0 Å². The van der Waals surface area contributed by atoms with Gasteiger partial charge in [0, 0.05) is 30.6 Å². The number of rotatable bonds is 3. The zero-order chi connectivity index (χ0) is 14.1. The Balaban J connectivity index is 0.00000161. The van der Waals surface area contributed by atoms with Crippen molar-refractivity contribution in [1.82, 2.24) is 10.2 Å². The normalized spacial score (nSPS) is 18.1. The summed E-state index contributed by atoms with van der Waals surface area (Å²) < 4.78 is 5.30. The van der Waals surface area contributed by atoms with E-state index in [1.165, 1.54) is 0 Å². The fourth-order valence-electron chi connectivity index (χ4n) is 2.88. The third-order valence-corrected chi connectivity index (χ3v) is 4.06. The van der Waals surface area contributed by atoms with Gasteiger partial charge in [0.1, 0.15) is 5.58 Å². The Kier molecular flexibility index (Phi) is 5.04. The molecule has 1 unspecified atom stereocenters. The fourth-order valence-corrected chi connectivity index (χ4v) is 2.88. The van der Waals surface area contributed by atoms with Crippen LogP contribution in [0.2, 0.25) is 0 Å². The molecule has 0 aliphatic carbocycles. The molecule has 3 rings (SSSR count). The molecule has 1 fully saturated rings. The summed E-state index contributed by atoms with van der Waals surface area (Å²) in [4.78, 5) is 14.0. The number of hydrogen-bond donors (Lipinski definition) is 1. The zero-order valence-electron chi connectivity index (χ0n) is 12.4. The van der Waals surface area contributed by atoms with Crippen molar-refractivity contribution < 1.29 is 4.42 Å². The van der Waals surface area contributed by atoms with Gasteiger partial charge < -0.3 is 9.73 Å². The van der Waals surface area contributed by atoms with Gasteiger partial charge in [0.05, 0.1) is 0 Å².